The average molecular weight is 496 g/mol. The maximum absolute atomic E-state index is 4.98. The van der Waals surface area contributed by atoms with Crippen LogP contribution < -0.4 is 0 Å². The van der Waals surface area contributed by atoms with Gasteiger partial charge >= 0.3 is 0 Å². The van der Waals surface area contributed by atoms with E-state index in [2.05, 4.69) is 108 Å². The predicted octanol–water partition coefficient (Wildman–Crippen LogP) is 10.2. The van der Waals surface area contributed by atoms with Gasteiger partial charge in [0.25, 0.3) is 0 Å². The Kier molecular flexibility index (Phi) is 5.50. The number of fused-ring (bicyclic) bond motifs is 6. The van der Waals surface area contributed by atoms with Crippen LogP contribution in [0.2, 0.25) is 0 Å². The third kappa shape index (κ3) is 3.79. The van der Waals surface area contributed by atoms with Crippen molar-refractivity contribution in [2.75, 3.05) is 0 Å². The molecule has 5 aromatic rings. The van der Waals surface area contributed by atoms with Gasteiger partial charge in [-0.3, -0.25) is 4.98 Å². The Morgan fingerprint density at radius 3 is 2.54 bits per heavy atom. The van der Waals surface area contributed by atoms with Crippen LogP contribution in [0.3, 0.4) is 0 Å². The molecule has 2 aromatic heterocycles. The fraction of sp³-hybridized carbons (Fsp3) is 0.344. The van der Waals surface area contributed by atoms with Crippen LogP contribution in [-0.4, -0.2) is 10.2 Å². The Bertz CT molecular complexity index is 1580. The van der Waals surface area contributed by atoms with Gasteiger partial charge in [-0.15, -0.1) is 23.1 Å². The van der Waals surface area contributed by atoms with Gasteiger partial charge in [0.05, 0.1) is 10.4 Å². The normalized spacial score (nSPS) is 18.3. The van der Waals surface area contributed by atoms with Gasteiger partial charge in [0, 0.05) is 37.4 Å². The molecule has 178 valence electrons. The van der Waals surface area contributed by atoms with Crippen molar-refractivity contribution in [1.82, 2.24) is 4.98 Å². The summed E-state index contributed by atoms with van der Waals surface area (Å²) in [5, 5.41) is 6.11. The van der Waals surface area contributed by atoms with Crippen molar-refractivity contribution in [3.8, 4) is 11.3 Å². The first kappa shape index (κ1) is 23.1. The highest BCUT2D eigenvalue weighted by atomic mass is 32.2. The van der Waals surface area contributed by atoms with Crippen molar-refractivity contribution in [2.24, 2.45) is 5.92 Å². The monoisotopic (exact) mass is 495 g/mol. The smallest absolute Gasteiger partial charge is 0.0880 e. The molecule has 2 atom stereocenters. The van der Waals surface area contributed by atoms with Gasteiger partial charge in [-0.05, 0) is 75.9 Å². The van der Waals surface area contributed by atoms with Crippen LogP contribution in [0.25, 0.3) is 42.2 Å². The SMILES string of the molecule is CC(C)CC1c2c(ccc3sc4c(-c5cc(C(C)(C)C)c6ccccc6c5)nccc4c23)SC1C. The Hall–Kier alpha value is -2.36. The van der Waals surface area contributed by atoms with Crippen LogP contribution in [0.1, 0.15) is 65.0 Å². The standard InChI is InChI=1S/C32H33NS2/c1-18(2)15-24-19(3)34-26-11-12-27-28(29(24)26)23-13-14-33-30(31(23)35-27)21-16-20-9-7-8-10-22(20)25(17-21)32(4,5)6/h7-14,16-19,24H,15H2,1-6H3. The number of hydrogen-bond donors (Lipinski definition) is 0. The van der Waals surface area contributed by atoms with Crippen LogP contribution >= 0.6 is 23.1 Å². The molecule has 0 saturated heterocycles. The highest BCUT2D eigenvalue weighted by Gasteiger charge is 2.33. The van der Waals surface area contributed by atoms with Crippen LogP contribution in [0.4, 0.5) is 0 Å². The molecule has 0 bridgehead atoms. The van der Waals surface area contributed by atoms with Crippen LogP contribution in [0.5, 0.6) is 0 Å². The summed E-state index contributed by atoms with van der Waals surface area (Å²) in [4.78, 5) is 6.46. The lowest BCUT2D eigenvalue weighted by Crippen LogP contribution is -2.12. The third-order valence-corrected chi connectivity index (χ3v) is 9.96. The molecule has 6 rings (SSSR count). The van der Waals surface area contributed by atoms with Crippen LogP contribution in [-0.2, 0) is 5.41 Å². The zero-order valence-electron chi connectivity index (χ0n) is 21.5. The van der Waals surface area contributed by atoms with E-state index in [4.69, 9.17) is 4.98 Å². The number of rotatable bonds is 3. The van der Waals surface area contributed by atoms with Crippen molar-refractivity contribution >= 4 is 54.0 Å². The molecule has 1 nitrogen and oxygen atoms in total. The molecule has 0 aliphatic carbocycles. The van der Waals surface area contributed by atoms with Crippen LogP contribution in [0.15, 0.2) is 65.7 Å². The highest BCUT2D eigenvalue weighted by Crippen LogP contribution is 2.54. The molecule has 3 heterocycles. The Morgan fingerprint density at radius 2 is 1.77 bits per heavy atom. The van der Waals surface area contributed by atoms with Crippen molar-refractivity contribution in [3.05, 3.63) is 71.9 Å². The zero-order valence-corrected chi connectivity index (χ0v) is 23.1. The maximum atomic E-state index is 4.98. The average Bonchev–Trinajstić information content (AvgIpc) is 3.34. The summed E-state index contributed by atoms with van der Waals surface area (Å²) in [6.07, 6.45) is 3.27. The fourth-order valence-electron chi connectivity index (χ4n) is 5.88. The molecule has 0 N–H and O–H groups in total. The molecule has 1 aliphatic heterocycles. The second-order valence-electron chi connectivity index (χ2n) is 11.5. The quantitative estimate of drug-likeness (QED) is 0.247. The first-order chi connectivity index (χ1) is 16.7. The fourth-order valence-corrected chi connectivity index (χ4v) is 8.44. The summed E-state index contributed by atoms with van der Waals surface area (Å²) in [5.74, 6) is 1.31. The largest absolute Gasteiger partial charge is 0.255 e. The Balaban J connectivity index is 1.63. The second kappa shape index (κ2) is 8.35. The molecule has 0 amide bonds. The number of nitrogens with zero attached hydrogens (tertiary/aromatic N) is 1. The maximum Gasteiger partial charge on any atom is 0.0880 e. The van der Waals surface area contributed by atoms with Gasteiger partial charge in [-0.25, -0.2) is 0 Å². The van der Waals surface area contributed by atoms with E-state index in [0.29, 0.717) is 17.1 Å². The van der Waals surface area contributed by atoms with Gasteiger partial charge in [-0.1, -0.05) is 65.8 Å². The number of aromatic nitrogens is 1. The van der Waals surface area contributed by atoms with Gasteiger partial charge in [-0.2, -0.15) is 0 Å². The number of thioether (sulfide) groups is 1. The number of hydrogen-bond acceptors (Lipinski definition) is 3. The van der Waals surface area contributed by atoms with Gasteiger partial charge < -0.3 is 0 Å². The Morgan fingerprint density at radius 1 is 0.971 bits per heavy atom. The molecule has 0 radical (unpaired) electrons. The van der Waals surface area contributed by atoms with Gasteiger partial charge in [0.15, 0.2) is 0 Å². The van der Waals surface area contributed by atoms with Crippen molar-refractivity contribution in [2.45, 2.75) is 69.4 Å². The summed E-state index contributed by atoms with van der Waals surface area (Å²) in [6.45, 7) is 14.1. The van der Waals surface area contributed by atoms with Gasteiger partial charge in [0.2, 0.25) is 0 Å². The van der Waals surface area contributed by atoms with E-state index in [0.717, 1.165) is 5.69 Å². The third-order valence-electron chi connectivity index (χ3n) is 7.47. The topological polar surface area (TPSA) is 12.9 Å². The molecule has 3 heteroatoms. The summed E-state index contributed by atoms with van der Waals surface area (Å²) in [5.41, 5.74) is 5.37. The molecule has 0 saturated carbocycles. The molecule has 35 heavy (non-hydrogen) atoms. The van der Waals surface area contributed by atoms with E-state index in [1.807, 2.05) is 17.5 Å². The number of pyridine rings is 1. The van der Waals surface area contributed by atoms with E-state index in [-0.39, 0.29) is 5.41 Å². The molecule has 0 fully saturated rings. The zero-order chi connectivity index (χ0) is 24.5. The molecule has 0 spiro atoms. The minimum atomic E-state index is 0.0575. The van der Waals surface area contributed by atoms with E-state index in [9.17, 15) is 0 Å². The van der Waals surface area contributed by atoms with Crippen molar-refractivity contribution < 1.29 is 0 Å². The van der Waals surface area contributed by atoms with Crippen molar-refractivity contribution in [3.63, 3.8) is 0 Å². The molecule has 2 unspecified atom stereocenters. The summed E-state index contributed by atoms with van der Waals surface area (Å²) in [6, 6.07) is 20.5. The minimum Gasteiger partial charge on any atom is -0.255 e. The molecule has 1 aliphatic rings. The lowest BCUT2D eigenvalue weighted by molar-refractivity contribution is 0.501. The highest BCUT2D eigenvalue weighted by molar-refractivity contribution is 8.00. The predicted molar refractivity (Wildman–Crippen MR) is 156 cm³/mol. The summed E-state index contributed by atoms with van der Waals surface area (Å²) >= 11 is 3.98. The molecule has 3 aromatic carbocycles. The minimum absolute atomic E-state index is 0.0575. The lowest BCUT2D eigenvalue weighted by atomic mass is 9.82. The second-order valence-corrected chi connectivity index (χ2v) is 14.0. The molecular weight excluding hydrogens is 462 g/mol. The first-order valence-electron chi connectivity index (χ1n) is 12.8. The first-order valence-corrected chi connectivity index (χ1v) is 14.5. The summed E-state index contributed by atoms with van der Waals surface area (Å²) in [7, 11) is 0. The van der Waals surface area contributed by atoms with E-state index < -0.39 is 0 Å². The lowest BCUT2D eigenvalue weighted by Gasteiger charge is -2.22. The van der Waals surface area contributed by atoms with E-state index in [1.54, 1.807) is 5.56 Å². The number of benzene rings is 3. The van der Waals surface area contributed by atoms with Gasteiger partial charge in [0.1, 0.15) is 0 Å². The Labute approximate surface area is 217 Å². The van der Waals surface area contributed by atoms with Crippen molar-refractivity contribution in [1.29, 1.82) is 0 Å². The summed E-state index contributed by atoms with van der Waals surface area (Å²) < 4.78 is 2.71. The van der Waals surface area contributed by atoms with Crippen LogP contribution in [0, 0.1) is 5.92 Å². The number of thiophene rings is 1. The van der Waals surface area contributed by atoms with E-state index >= 15 is 0 Å². The van der Waals surface area contributed by atoms with E-state index in [1.165, 1.54) is 53.4 Å². The molecular formula is C32H33NS2.